The summed E-state index contributed by atoms with van der Waals surface area (Å²) in [5, 5.41) is 16.6. The van der Waals surface area contributed by atoms with Gasteiger partial charge in [-0.2, -0.15) is 5.10 Å². The summed E-state index contributed by atoms with van der Waals surface area (Å²) in [5.41, 5.74) is 2.81. The fourth-order valence-corrected chi connectivity index (χ4v) is 2.60. The topological polar surface area (TPSA) is 72.3 Å². The van der Waals surface area contributed by atoms with Crippen LogP contribution in [0.2, 0.25) is 0 Å². The molecule has 0 atom stereocenters. The first-order chi connectivity index (χ1) is 12.2. The van der Waals surface area contributed by atoms with Crippen LogP contribution in [0, 0.1) is 0 Å². The quantitative estimate of drug-likeness (QED) is 0.715. The molecule has 0 unspecified atom stereocenters. The molecule has 0 radical (unpaired) electrons. The Kier molecular flexibility index (Phi) is 5.36. The largest absolute Gasteiger partial charge is 0.489 e. The van der Waals surface area contributed by atoms with Crippen molar-refractivity contribution in [2.45, 2.75) is 19.4 Å². The van der Waals surface area contributed by atoms with Crippen molar-refractivity contribution in [1.29, 1.82) is 0 Å². The van der Waals surface area contributed by atoms with Gasteiger partial charge in [0.05, 0.1) is 0 Å². The predicted octanol–water partition coefficient (Wildman–Crippen LogP) is 3.54. The lowest BCUT2D eigenvalue weighted by atomic mass is 10.0. The minimum absolute atomic E-state index is 0.00480. The first-order valence-corrected chi connectivity index (χ1v) is 8.02. The van der Waals surface area contributed by atoms with Gasteiger partial charge in [0.2, 0.25) is 0 Å². The fourth-order valence-electron chi connectivity index (χ4n) is 2.60. The van der Waals surface area contributed by atoms with Crippen LogP contribution in [0.1, 0.15) is 27.2 Å². The predicted molar refractivity (Wildman–Crippen MR) is 93.6 cm³/mol. The number of para-hydroxylation sites is 1. The number of ether oxygens (including phenoxy) is 1. The SMILES string of the molecule is O=C(O)c1nnccc1CCc1ccccc1OCc1ccccc1. The molecule has 25 heavy (non-hydrogen) atoms. The second-order valence-corrected chi connectivity index (χ2v) is 5.59. The van der Waals surface area contributed by atoms with Crippen molar-refractivity contribution in [3.63, 3.8) is 0 Å². The summed E-state index contributed by atoms with van der Waals surface area (Å²) in [6.07, 6.45) is 2.74. The maximum Gasteiger partial charge on any atom is 0.356 e. The molecule has 5 heteroatoms. The lowest BCUT2D eigenvalue weighted by Gasteiger charge is -2.12. The molecule has 3 aromatic rings. The van der Waals surface area contributed by atoms with Gasteiger partial charge in [-0.25, -0.2) is 4.79 Å². The van der Waals surface area contributed by atoms with Crippen LogP contribution in [0.5, 0.6) is 5.75 Å². The maximum atomic E-state index is 11.2. The van der Waals surface area contributed by atoms with Crippen molar-refractivity contribution < 1.29 is 14.6 Å². The Morgan fingerprint density at radius 2 is 1.64 bits per heavy atom. The standard InChI is InChI=1S/C20H18N2O3/c23-20(24)19-17(12-13-21-22-19)11-10-16-8-4-5-9-18(16)25-14-15-6-2-1-3-7-15/h1-9,12-13H,10-11,14H2,(H,23,24). The van der Waals surface area contributed by atoms with Gasteiger partial charge in [0.1, 0.15) is 12.4 Å². The average Bonchev–Trinajstić information content (AvgIpc) is 2.66. The zero-order chi connectivity index (χ0) is 17.5. The summed E-state index contributed by atoms with van der Waals surface area (Å²) in [6.45, 7) is 0.495. The number of hydrogen-bond donors (Lipinski definition) is 1. The molecule has 1 aromatic heterocycles. The molecular formula is C20H18N2O3. The highest BCUT2D eigenvalue weighted by atomic mass is 16.5. The molecule has 0 bridgehead atoms. The summed E-state index contributed by atoms with van der Waals surface area (Å²) in [7, 11) is 0. The zero-order valence-corrected chi connectivity index (χ0v) is 13.6. The molecule has 0 aliphatic heterocycles. The fraction of sp³-hybridized carbons (Fsp3) is 0.150. The monoisotopic (exact) mass is 334 g/mol. The Hall–Kier alpha value is -3.21. The van der Waals surface area contributed by atoms with Crippen LogP contribution in [0.4, 0.5) is 0 Å². The molecule has 0 spiro atoms. The number of carboxylic acids is 1. The van der Waals surface area contributed by atoms with Gasteiger partial charge in [-0.3, -0.25) is 0 Å². The molecule has 126 valence electrons. The smallest absolute Gasteiger partial charge is 0.356 e. The van der Waals surface area contributed by atoms with Gasteiger partial charge >= 0.3 is 5.97 Å². The minimum Gasteiger partial charge on any atom is -0.489 e. The van der Waals surface area contributed by atoms with Gasteiger partial charge in [0.25, 0.3) is 0 Å². The van der Waals surface area contributed by atoms with Crippen LogP contribution in [0.3, 0.4) is 0 Å². The van der Waals surface area contributed by atoms with E-state index in [1.165, 1.54) is 6.20 Å². The van der Waals surface area contributed by atoms with Crippen LogP contribution in [-0.2, 0) is 19.4 Å². The van der Waals surface area contributed by atoms with Crippen molar-refractivity contribution in [1.82, 2.24) is 10.2 Å². The first-order valence-electron chi connectivity index (χ1n) is 8.02. The third kappa shape index (κ3) is 4.41. The van der Waals surface area contributed by atoms with E-state index in [0.717, 1.165) is 16.9 Å². The Labute approximate surface area is 145 Å². The summed E-state index contributed by atoms with van der Waals surface area (Å²) in [6, 6.07) is 19.5. The number of nitrogens with zero attached hydrogens (tertiary/aromatic N) is 2. The van der Waals surface area contributed by atoms with Crippen molar-refractivity contribution in [2.24, 2.45) is 0 Å². The van der Waals surface area contributed by atoms with Gasteiger partial charge in [0.15, 0.2) is 5.69 Å². The van der Waals surface area contributed by atoms with E-state index in [9.17, 15) is 9.90 Å². The van der Waals surface area contributed by atoms with E-state index in [-0.39, 0.29) is 5.69 Å². The molecule has 0 amide bonds. The molecule has 0 fully saturated rings. The van der Waals surface area contributed by atoms with Gasteiger partial charge in [-0.15, -0.1) is 5.10 Å². The molecule has 0 aliphatic carbocycles. The van der Waals surface area contributed by atoms with Crippen molar-refractivity contribution in [3.8, 4) is 5.75 Å². The third-order valence-electron chi connectivity index (χ3n) is 3.88. The number of rotatable bonds is 7. The van der Waals surface area contributed by atoms with Gasteiger partial charge < -0.3 is 9.84 Å². The summed E-state index contributed by atoms with van der Waals surface area (Å²) in [5.74, 6) is -0.248. The normalized spacial score (nSPS) is 10.4. The molecule has 0 saturated carbocycles. The second kappa shape index (κ2) is 8.06. The average molecular weight is 334 g/mol. The number of aromatic carboxylic acids is 1. The van der Waals surface area contributed by atoms with E-state index in [2.05, 4.69) is 10.2 Å². The number of carboxylic acid groups (broad SMARTS) is 1. The molecule has 5 nitrogen and oxygen atoms in total. The first kappa shape index (κ1) is 16.6. The molecule has 0 aliphatic rings. The molecule has 3 rings (SSSR count). The highest BCUT2D eigenvalue weighted by Crippen LogP contribution is 2.21. The number of aryl methyl sites for hydroxylation is 2. The van der Waals surface area contributed by atoms with E-state index >= 15 is 0 Å². The Balaban J connectivity index is 1.70. The number of benzene rings is 2. The van der Waals surface area contributed by atoms with E-state index in [1.54, 1.807) is 6.07 Å². The Morgan fingerprint density at radius 3 is 2.44 bits per heavy atom. The van der Waals surface area contributed by atoms with Crippen LogP contribution in [-0.4, -0.2) is 21.3 Å². The second-order valence-electron chi connectivity index (χ2n) is 5.59. The van der Waals surface area contributed by atoms with E-state index in [1.807, 2.05) is 54.6 Å². The van der Waals surface area contributed by atoms with Crippen LogP contribution in [0.15, 0.2) is 66.9 Å². The number of carbonyl (C=O) groups is 1. The number of aromatic nitrogens is 2. The molecule has 1 N–H and O–H groups in total. The third-order valence-corrected chi connectivity index (χ3v) is 3.88. The van der Waals surface area contributed by atoms with Crippen molar-refractivity contribution in [2.75, 3.05) is 0 Å². The molecular weight excluding hydrogens is 316 g/mol. The minimum atomic E-state index is -1.06. The summed E-state index contributed by atoms with van der Waals surface area (Å²) >= 11 is 0. The van der Waals surface area contributed by atoms with Crippen LogP contribution >= 0.6 is 0 Å². The Bertz CT molecular complexity index is 850. The maximum absolute atomic E-state index is 11.2. The zero-order valence-electron chi connectivity index (χ0n) is 13.6. The number of hydrogen-bond acceptors (Lipinski definition) is 4. The van der Waals surface area contributed by atoms with Crippen molar-refractivity contribution >= 4 is 5.97 Å². The van der Waals surface area contributed by atoms with Crippen LogP contribution in [0.25, 0.3) is 0 Å². The lowest BCUT2D eigenvalue weighted by molar-refractivity contribution is 0.0688. The summed E-state index contributed by atoms with van der Waals surface area (Å²) < 4.78 is 5.95. The Morgan fingerprint density at radius 1 is 0.920 bits per heavy atom. The summed E-state index contributed by atoms with van der Waals surface area (Å²) in [4.78, 5) is 11.2. The van der Waals surface area contributed by atoms with Gasteiger partial charge in [-0.05, 0) is 41.7 Å². The van der Waals surface area contributed by atoms with Gasteiger partial charge in [-0.1, -0.05) is 48.5 Å². The van der Waals surface area contributed by atoms with Gasteiger partial charge in [0, 0.05) is 6.20 Å². The lowest BCUT2D eigenvalue weighted by Crippen LogP contribution is -2.08. The highest BCUT2D eigenvalue weighted by molar-refractivity contribution is 5.86. The van der Waals surface area contributed by atoms with E-state index < -0.39 is 5.97 Å². The van der Waals surface area contributed by atoms with Crippen LogP contribution < -0.4 is 4.74 Å². The molecule has 0 saturated heterocycles. The highest BCUT2D eigenvalue weighted by Gasteiger charge is 2.13. The van der Waals surface area contributed by atoms with E-state index in [4.69, 9.17) is 4.74 Å². The molecule has 1 heterocycles. The van der Waals surface area contributed by atoms with E-state index in [0.29, 0.717) is 25.0 Å². The van der Waals surface area contributed by atoms with Crippen molar-refractivity contribution in [3.05, 3.63) is 89.2 Å². The molecule has 2 aromatic carbocycles.